The SMILES string of the molecule is CC/C=C\C/C=C\C/C=C\CCCCCC(=O)OC(COCCCCCCCCCCCCCCCCCCCCC)COP(=O)(O)OCC[N+](C)(C)C. The fourth-order valence-electron chi connectivity index (χ4n) is 6.04. The van der Waals surface area contributed by atoms with Gasteiger partial charge in [-0.1, -0.05) is 172 Å². The molecule has 0 aromatic heterocycles. The van der Waals surface area contributed by atoms with Gasteiger partial charge >= 0.3 is 13.8 Å². The number of esters is 1. The summed E-state index contributed by atoms with van der Waals surface area (Å²) in [6, 6.07) is 0. The lowest BCUT2D eigenvalue weighted by Gasteiger charge is -2.24. The molecule has 1 N–H and O–H groups in total. The quantitative estimate of drug-likeness (QED) is 0.0217. The third-order valence-electron chi connectivity index (χ3n) is 9.47. The highest BCUT2D eigenvalue weighted by Gasteiger charge is 2.26. The summed E-state index contributed by atoms with van der Waals surface area (Å²) in [5, 5.41) is 0. The highest BCUT2D eigenvalue weighted by molar-refractivity contribution is 7.47. The third-order valence-corrected chi connectivity index (χ3v) is 10.5. The number of carbonyl (C=O) groups is 1. The van der Waals surface area contributed by atoms with Crippen LogP contribution in [0.4, 0.5) is 0 Å². The molecule has 0 aromatic rings. The number of allylic oxidation sites excluding steroid dienone is 6. The number of hydrogen-bond donors (Lipinski definition) is 1. The highest BCUT2D eigenvalue weighted by atomic mass is 31.2. The monoisotopic (exact) mass is 785 g/mol. The molecule has 0 rings (SSSR count). The van der Waals surface area contributed by atoms with E-state index in [-0.39, 0.29) is 25.8 Å². The molecule has 0 aliphatic rings. The second-order valence-electron chi connectivity index (χ2n) is 16.1. The smallest absolute Gasteiger partial charge is 0.457 e. The van der Waals surface area contributed by atoms with E-state index < -0.39 is 13.9 Å². The van der Waals surface area contributed by atoms with Gasteiger partial charge in [0.05, 0.1) is 34.4 Å². The molecule has 0 amide bonds. The summed E-state index contributed by atoms with van der Waals surface area (Å²) in [6.45, 7) is 5.49. The number of nitrogens with zero attached hydrogens (tertiary/aromatic N) is 1. The van der Waals surface area contributed by atoms with E-state index in [1.54, 1.807) is 0 Å². The van der Waals surface area contributed by atoms with Crippen LogP contribution in [0.1, 0.15) is 187 Å². The number of phosphoric ester groups is 1. The van der Waals surface area contributed by atoms with Crippen molar-refractivity contribution in [2.45, 2.75) is 193 Å². The molecule has 0 bridgehead atoms. The Morgan fingerprint density at radius 1 is 0.593 bits per heavy atom. The molecule has 8 nitrogen and oxygen atoms in total. The zero-order chi connectivity index (χ0) is 39.9. The molecule has 0 spiro atoms. The number of quaternary nitrogens is 1. The number of phosphoric acid groups is 1. The molecule has 0 aromatic carbocycles. The van der Waals surface area contributed by atoms with Gasteiger partial charge in [-0.05, 0) is 44.9 Å². The molecule has 9 heteroatoms. The lowest BCUT2D eigenvalue weighted by Crippen LogP contribution is -2.37. The standard InChI is InChI=1S/C45H86NO7P/c1-6-8-10-12-14-16-18-20-21-22-23-24-25-27-29-31-33-35-37-40-50-42-44(43-52-54(48,49)51-41-39-46(3,4)5)53-45(47)38-36-34-32-30-28-26-19-17-15-13-11-9-7-2/h9,11,15,17,26,28,44H,6-8,10,12-14,16,18-25,27,29-43H2,1-5H3/p+1/b11-9-,17-15-,28-26-. The van der Waals surface area contributed by atoms with Crippen LogP contribution in [0.2, 0.25) is 0 Å². The van der Waals surface area contributed by atoms with Crippen LogP contribution >= 0.6 is 7.82 Å². The van der Waals surface area contributed by atoms with Gasteiger partial charge in [-0.15, -0.1) is 0 Å². The maximum atomic E-state index is 12.7. The highest BCUT2D eigenvalue weighted by Crippen LogP contribution is 2.43. The van der Waals surface area contributed by atoms with Gasteiger partial charge in [-0.25, -0.2) is 4.57 Å². The van der Waals surface area contributed by atoms with Crippen molar-refractivity contribution in [1.29, 1.82) is 0 Å². The van der Waals surface area contributed by atoms with Crippen LogP contribution in [0.15, 0.2) is 36.5 Å². The normalized spacial score (nSPS) is 14.1. The topological polar surface area (TPSA) is 91.3 Å². The molecule has 2 atom stereocenters. The minimum absolute atomic E-state index is 0.0835. The summed E-state index contributed by atoms with van der Waals surface area (Å²) in [6.07, 6.45) is 44.7. The Morgan fingerprint density at radius 3 is 1.59 bits per heavy atom. The predicted octanol–water partition coefficient (Wildman–Crippen LogP) is 13.0. The van der Waals surface area contributed by atoms with Crippen LogP contribution in [0.5, 0.6) is 0 Å². The Bertz CT molecular complexity index is 962. The third kappa shape index (κ3) is 41.9. The van der Waals surface area contributed by atoms with Gasteiger partial charge in [0.25, 0.3) is 0 Å². The van der Waals surface area contributed by atoms with E-state index >= 15 is 0 Å². The second kappa shape index (κ2) is 38.6. The van der Waals surface area contributed by atoms with E-state index in [2.05, 4.69) is 50.3 Å². The van der Waals surface area contributed by atoms with Crippen molar-refractivity contribution in [2.75, 3.05) is 54.1 Å². The predicted molar refractivity (Wildman–Crippen MR) is 229 cm³/mol. The summed E-state index contributed by atoms with van der Waals surface area (Å²) in [4.78, 5) is 22.8. The van der Waals surface area contributed by atoms with Crippen molar-refractivity contribution < 1.29 is 37.3 Å². The minimum Gasteiger partial charge on any atom is -0.457 e. The Labute approximate surface area is 334 Å². The molecule has 0 heterocycles. The van der Waals surface area contributed by atoms with Gasteiger partial charge in [0.15, 0.2) is 0 Å². The molecule has 318 valence electrons. The fourth-order valence-corrected chi connectivity index (χ4v) is 6.78. The summed E-state index contributed by atoms with van der Waals surface area (Å²) in [5.41, 5.74) is 0. The van der Waals surface area contributed by atoms with Crippen molar-refractivity contribution in [3.8, 4) is 0 Å². The van der Waals surface area contributed by atoms with Crippen molar-refractivity contribution in [1.82, 2.24) is 0 Å². The molecule has 0 saturated heterocycles. The summed E-state index contributed by atoms with van der Waals surface area (Å²) in [5.74, 6) is -0.341. The largest absolute Gasteiger partial charge is 0.472 e. The van der Waals surface area contributed by atoms with E-state index in [0.29, 0.717) is 24.1 Å². The van der Waals surface area contributed by atoms with Gasteiger partial charge in [0.2, 0.25) is 0 Å². The Kier molecular flexibility index (Phi) is 37.7. The number of unbranched alkanes of at least 4 members (excludes halogenated alkanes) is 21. The molecule has 54 heavy (non-hydrogen) atoms. The van der Waals surface area contributed by atoms with E-state index in [1.165, 1.54) is 109 Å². The first-order valence-corrected chi connectivity index (χ1v) is 23.7. The van der Waals surface area contributed by atoms with Crippen LogP contribution in [-0.4, -0.2) is 75.6 Å². The number of hydrogen-bond acceptors (Lipinski definition) is 6. The molecule has 0 radical (unpaired) electrons. The average molecular weight is 785 g/mol. The van der Waals surface area contributed by atoms with E-state index in [1.807, 2.05) is 21.1 Å². The molecule has 0 aliphatic heterocycles. The Balaban J connectivity index is 4.20. The number of rotatable bonds is 41. The zero-order valence-electron chi connectivity index (χ0n) is 36.0. The first-order chi connectivity index (χ1) is 26.1. The van der Waals surface area contributed by atoms with Gasteiger partial charge in [-0.3, -0.25) is 13.8 Å². The van der Waals surface area contributed by atoms with Crippen molar-refractivity contribution >= 4 is 13.8 Å². The molecule has 0 saturated carbocycles. The van der Waals surface area contributed by atoms with E-state index in [0.717, 1.165) is 57.8 Å². The Morgan fingerprint density at radius 2 is 1.07 bits per heavy atom. The van der Waals surface area contributed by atoms with E-state index in [4.69, 9.17) is 18.5 Å². The molecule has 0 fully saturated rings. The minimum atomic E-state index is -4.28. The maximum absolute atomic E-state index is 12.7. The molecular weight excluding hydrogens is 697 g/mol. The molecular formula is C45H87NO7P+. The average Bonchev–Trinajstić information content (AvgIpc) is 3.12. The lowest BCUT2D eigenvalue weighted by atomic mass is 10.0. The van der Waals surface area contributed by atoms with Gasteiger partial charge in [-0.2, -0.15) is 0 Å². The van der Waals surface area contributed by atoms with Crippen LogP contribution in [-0.2, 0) is 27.9 Å². The van der Waals surface area contributed by atoms with Crippen LogP contribution in [0.3, 0.4) is 0 Å². The van der Waals surface area contributed by atoms with Crippen molar-refractivity contribution in [3.05, 3.63) is 36.5 Å². The van der Waals surface area contributed by atoms with Gasteiger partial charge < -0.3 is 18.9 Å². The molecule has 2 unspecified atom stereocenters. The van der Waals surface area contributed by atoms with Crippen LogP contribution in [0.25, 0.3) is 0 Å². The zero-order valence-corrected chi connectivity index (χ0v) is 36.9. The van der Waals surface area contributed by atoms with Crippen molar-refractivity contribution in [2.24, 2.45) is 0 Å². The summed E-state index contributed by atoms with van der Waals surface area (Å²) < 4.78 is 35.0. The fraction of sp³-hybridized carbons (Fsp3) is 0.844. The summed E-state index contributed by atoms with van der Waals surface area (Å²) >= 11 is 0. The maximum Gasteiger partial charge on any atom is 0.472 e. The number of likely N-dealkylation sites (N-methyl/N-ethyl adjacent to an activating group) is 1. The Hall–Kier alpha value is -1.28. The number of carbonyl (C=O) groups excluding carboxylic acids is 1. The second-order valence-corrected chi connectivity index (χ2v) is 17.5. The first-order valence-electron chi connectivity index (χ1n) is 22.2. The number of ether oxygens (including phenoxy) is 2. The van der Waals surface area contributed by atoms with Crippen LogP contribution in [0, 0.1) is 0 Å². The van der Waals surface area contributed by atoms with Gasteiger partial charge in [0.1, 0.15) is 19.3 Å². The van der Waals surface area contributed by atoms with Crippen LogP contribution < -0.4 is 0 Å². The molecule has 0 aliphatic carbocycles. The van der Waals surface area contributed by atoms with Gasteiger partial charge in [0, 0.05) is 13.0 Å². The van der Waals surface area contributed by atoms with Crippen molar-refractivity contribution in [3.63, 3.8) is 0 Å². The van der Waals surface area contributed by atoms with E-state index in [9.17, 15) is 14.3 Å². The lowest BCUT2D eigenvalue weighted by molar-refractivity contribution is -0.870. The first kappa shape index (κ1) is 52.7. The summed E-state index contributed by atoms with van der Waals surface area (Å²) in [7, 11) is 1.65.